The monoisotopic (exact) mass is 297 g/mol. The van der Waals surface area contributed by atoms with Gasteiger partial charge in [-0.3, -0.25) is 4.79 Å². The Morgan fingerprint density at radius 3 is 2.81 bits per heavy atom. The van der Waals surface area contributed by atoms with E-state index in [0.717, 1.165) is 21.3 Å². The molecule has 2 aromatic carbocycles. The van der Waals surface area contributed by atoms with Gasteiger partial charge in [0, 0.05) is 23.8 Å². The number of rotatable bonds is 4. The minimum absolute atomic E-state index is 0.0902. The summed E-state index contributed by atoms with van der Waals surface area (Å²) in [5.74, 6) is -0.434. The van der Waals surface area contributed by atoms with Gasteiger partial charge in [0.1, 0.15) is 0 Å². The molecular weight excluding hydrogens is 282 g/mol. The topological polar surface area (TPSA) is 68.0 Å². The highest BCUT2D eigenvalue weighted by Gasteiger charge is 2.18. The number of nitrogens with zero attached hydrogens (tertiary/aromatic N) is 1. The van der Waals surface area contributed by atoms with E-state index in [1.807, 2.05) is 54.7 Å². The molecule has 1 unspecified atom stereocenters. The van der Waals surface area contributed by atoms with Crippen LogP contribution in [-0.2, 0) is 4.79 Å². The van der Waals surface area contributed by atoms with Crippen LogP contribution in [0, 0.1) is 0 Å². The third kappa shape index (κ3) is 2.94. The van der Waals surface area contributed by atoms with Gasteiger partial charge in [0.15, 0.2) is 0 Å². The van der Waals surface area contributed by atoms with Crippen molar-refractivity contribution in [3.63, 3.8) is 0 Å². The summed E-state index contributed by atoms with van der Waals surface area (Å²) >= 11 is 1.41. The molecule has 3 rings (SSSR count). The lowest BCUT2D eigenvalue weighted by molar-refractivity contribution is -0.117. The second-order valence-corrected chi connectivity index (χ2v) is 5.60. The third-order valence-electron chi connectivity index (χ3n) is 3.38. The van der Waals surface area contributed by atoms with Crippen LogP contribution in [0.15, 0.2) is 54.7 Å². The smallest absolute Gasteiger partial charge is 0.233 e. The molecule has 0 fully saturated rings. The molecule has 3 aromatic rings. The minimum atomic E-state index is -0.344. The van der Waals surface area contributed by atoms with Crippen molar-refractivity contribution in [3.8, 4) is 0 Å². The lowest BCUT2D eigenvalue weighted by Gasteiger charge is -2.15. The maximum atomic E-state index is 12.4. The Bertz CT molecular complexity index is 754. The van der Waals surface area contributed by atoms with Crippen LogP contribution in [0.1, 0.15) is 11.5 Å². The van der Waals surface area contributed by atoms with Gasteiger partial charge in [-0.2, -0.15) is 4.37 Å². The fourth-order valence-electron chi connectivity index (χ4n) is 2.25. The SMILES string of the molecule is NCC(C(=O)Nc1ccc2cnsc2c1)c1ccccc1. The van der Waals surface area contributed by atoms with Crippen LogP contribution in [0.5, 0.6) is 0 Å². The lowest BCUT2D eigenvalue weighted by Crippen LogP contribution is -2.27. The summed E-state index contributed by atoms with van der Waals surface area (Å²) in [5, 5.41) is 4.01. The Labute approximate surface area is 126 Å². The van der Waals surface area contributed by atoms with Gasteiger partial charge in [-0.15, -0.1) is 0 Å². The molecule has 4 nitrogen and oxygen atoms in total. The third-order valence-corrected chi connectivity index (χ3v) is 4.14. The first-order chi connectivity index (χ1) is 10.3. The Morgan fingerprint density at radius 1 is 1.24 bits per heavy atom. The minimum Gasteiger partial charge on any atom is -0.329 e. The Hall–Kier alpha value is -2.24. The van der Waals surface area contributed by atoms with Crippen LogP contribution in [0.4, 0.5) is 5.69 Å². The molecule has 0 spiro atoms. The number of carbonyl (C=O) groups excluding carboxylic acids is 1. The number of benzene rings is 2. The highest BCUT2D eigenvalue weighted by molar-refractivity contribution is 7.13. The van der Waals surface area contributed by atoms with Gasteiger partial charge < -0.3 is 11.1 Å². The van der Waals surface area contributed by atoms with Crippen molar-refractivity contribution in [1.82, 2.24) is 4.37 Å². The van der Waals surface area contributed by atoms with E-state index in [1.54, 1.807) is 0 Å². The van der Waals surface area contributed by atoms with Crippen molar-refractivity contribution in [1.29, 1.82) is 0 Å². The molecule has 0 bridgehead atoms. The zero-order valence-electron chi connectivity index (χ0n) is 11.3. The summed E-state index contributed by atoms with van der Waals surface area (Å²) in [5.41, 5.74) is 7.46. The van der Waals surface area contributed by atoms with Crippen LogP contribution < -0.4 is 11.1 Å². The molecule has 1 aromatic heterocycles. The van der Waals surface area contributed by atoms with Crippen molar-refractivity contribution in [2.24, 2.45) is 5.73 Å². The van der Waals surface area contributed by atoms with Crippen molar-refractivity contribution >= 4 is 33.2 Å². The second-order valence-electron chi connectivity index (χ2n) is 4.77. The summed E-state index contributed by atoms with van der Waals surface area (Å²) in [7, 11) is 0. The Kier molecular flexibility index (Phi) is 3.94. The number of aromatic nitrogens is 1. The molecule has 1 atom stereocenters. The lowest BCUT2D eigenvalue weighted by atomic mass is 9.98. The van der Waals surface area contributed by atoms with Crippen LogP contribution in [0.25, 0.3) is 10.1 Å². The van der Waals surface area contributed by atoms with Crippen molar-refractivity contribution in [3.05, 3.63) is 60.3 Å². The van der Waals surface area contributed by atoms with Crippen LogP contribution in [0.3, 0.4) is 0 Å². The molecular formula is C16H15N3OS. The summed E-state index contributed by atoms with van der Waals surface area (Å²) in [6.07, 6.45) is 1.82. The van der Waals surface area contributed by atoms with E-state index < -0.39 is 0 Å². The van der Waals surface area contributed by atoms with E-state index >= 15 is 0 Å². The van der Waals surface area contributed by atoms with Gasteiger partial charge in [-0.05, 0) is 35.3 Å². The Morgan fingerprint density at radius 2 is 2.05 bits per heavy atom. The number of nitrogens with one attached hydrogen (secondary N) is 1. The molecule has 0 aliphatic rings. The van der Waals surface area contributed by atoms with Crippen molar-refractivity contribution in [2.45, 2.75) is 5.92 Å². The zero-order chi connectivity index (χ0) is 14.7. The standard InChI is InChI=1S/C16H15N3OS/c17-9-14(11-4-2-1-3-5-11)16(20)19-13-7-6-12-10-18-21-15(12)8-13/h1-8,10,14H,9,17H2,(H,19,20). The number of amides is 1. The normalized spacial score (nSPS) is 12.2. The summed E-state index contributed by atoms with van der Waals surface area (Å²) in [6, 6.07) is 15.4. The van der Waals surface area contributed by atoms with E-state index in [4.69, 9.17) is 5.73 Å². The largest absolute Gasteiger partial charge is 0.329 e. The van der Waals surface area contributed by atoms with E-state index in [-0.39, 0.29) is 18.4 Å². The zero-order valence-corrected chi connectivity index (χ0v) is 12.1. The summed E-state index contributed by atoms with van der Waals surface area (Å²) in [6.45, 7) is 0.276. The first-order valence-electron chi connectivity index (χ1n) is 6.68. The molecule has 0 saturated carbocycles. The maximum absolute atomic E-state index is 12.4. The van der Waals surface area contributed by atoms with E-state index in [0.29, 0.717) is 0 Å². The van der Waals surface area contributed by atoms with Gasteiger partial charge in [0.25, 0.3) is 0 Å². The molecule has 1 heterocycles. The van der Waals surface area contributed by atoms with Gasteiger partial charge in [0.2, 0.25) is 5.91 Å². The maximum Gasteiger partial charge on any atom is 0.233 e. The van der Waals surface area contributed by atoms with Crippen LogP contribution in [-0.4, -0.2) is 16.8 Å². The fraction of sp³-hybridized carbons (Fsp3) is 0.125. The number of hydrogen-bond acceptors (Lipinski definition) is 4. The number of fused-ring (bicyclic) bond motifs is 1. The number of carbonyl (C=O) groups is 1. The molecule has 0 aliphatic carbocycles. The quantitative estimate of drug-likeness (QED) is 0.778. The molecule has 1 amide bonds. The van der Waals surface area contributed by atoms with Crippen molar-refractivity contribution in [2.75, 3.05) is 11.9 Å². The molecule has 5 heteroatoms. The predicted molar refractivity (Wildman–Crippen MR) is 86.5 cm³/mol. The van der Waals surface area contributed by atoms with Crippen LogP contribution >= 0.6 is 11.5 Å². The van der Waals surface area contributed by atoms with Gasteiger partial charge >= 0.3 is 0 Å². The number of hydrogen-bond donors (Lipinski definition) is 2. The molecule has 0 aliphatic heterocycles. The highest BCUT2D eigenvalue weighted by atomic mass is 32.1. The predicted octanol–water partition coefficient (Wildman–Crippen LogP) is 2.98. The number of nitrogens with two attached hydrogens (primary N) is 1. The Balaban J connectivity index is 1.81. The van der Waals surface area contributed by atoms with Crippen molar-refractivity contribution < 1.29 is 4.79 Å². The second kappa shape index (κ2) is 6.03. The van der Waals surface area contributed by atoms with E-state index in [9.17, 15) is 4.79 Å². The molecule has 106 valence electrons. The molecule has 21 heavy (non-hydrogen) atoms. The van der Waals surface area contributed by atoms with E-state index in [2.05, 4.69) is 9.69 Å². The van der Waals surface area contributed by atoms with Gasteiger partial charge in [-0.25, -0.2) is 0 Å². The molecule has 0 radical (unpaired) electrons. The van der Waals surface area contributed by atoms with Crippen LogP contribution in [0.2, 0.25) is 0 Å². The fourth-order valence-corrected chi connectivity index (χ4v) is 2.93. The first kappa shape index (κ1) is 13.7. The molecule has 3 N–H and O–H groups in total. The average molecular weight is 297 g/mol. The molecule has 0 saturated heterocycles. The highest BCUT2D eigenvalue weighted by Crippen LogP contribution is 2.23. The summed E-state index contributed by atoms with van der Waals surface area (Å²) in [4.78, 5) is 12.4. The number of anilines is 1. The van der Waals surface area contributed by atoms with Gasteiger partial charge in [0.05, 0.1) is 10.6 Å². The first-order valence-corrected chi connectivity index (χ1v) is 7.45. The summed E-state index contributed by atoms with van der Waals surface area (Å²) < 4.78 is 5.18. The average Bonchev–Trinajstić information content (AvgIpc) is 2.96. The van der Waals surface area contributed by atoms with Gasteiger partial charge in [-0.1, -0.05) is 30.3 Å². The van der Waals surface area contributed by atoms with E-state index in [1.165, 1.54) is 11.5 Å².